The molecule has 1 aliphatic heterocycles. The molecule has 0 aliphatic carbocycles. The van der Waals surface area contributed by atoms with Gasteiger partial charge in [-0.25, -0.2) is 13.2 Å². The number of sulfonamides is 1. The summed E-state index contributed by atoms with van der Waals surface area (Å²) in [6, 6.07) is 11.8. The van der Waals surface area contributed by atoms with E-state index < -0.39 is 22.1 Å². The first-order valence-corrected chi connectivity index (χ1v) is 12.6. The van der Waals surface area contributed by atoms with Crippen molar-refractivity contribution in [1.29, 1.82) is 0 Å². The molecule has 0 radical (unpaired) electrons. The van der Waals surface area contributed by atoms with E-state index in [0.29, 0.717) is 31.6 Å². The van der Waals surface area contributed by atoms with Gasteiger partial charge in [-0.2, -0.15) is 0 Å². The highest BCUT2D eigenvalue weighted by molar-refractivity contribution is 7.92. The van der Waals surface area contributed by atoms with Crippen molar-refractivity contribution in [1.82, 2.24) is 15.2 Å². The minimum atomic E-state index is -3.35. The van der Waals surface area contributed by atoms with Gasteiger partial charge in [-0.05, 0) is 60.3 Å². The van der Waals surface area contributed by atoms with Crippen molar-refractivity contribution in [2.75, 3.05) is 24.1 Å². The molecule has 3 amide bonds. The number of nitrogens with two attached hydrogens (primary N) is 1. The molecule has 174 valence electrons. The number of imide groups is 1. The summed E-state index contributed by atoms with van der Waals surface area (Å²) in [7, 11) is -3.35. The highest BCUT2D eigenvalue weighted by Crippen LogP contribution is 2.21. The molecule has 0 saturated carbocycles. The maximum absolute atomic E-state index is 12.8. The Labute approximate surface area is 192 Å². The first-order chi connectivity index (χ1) is 15.7. The summed E-state index contributed by atoms with van der Waals surface area (Å²) in [6.45, 7) is 0.860. The number of carbonyl (C=O) groups excluding carboxylic acids is 2. The van der Waals surface area contributed by atoms with E-state index in [-0.39, 0.29) is 5.91 Å². The standard InChI is InChI=1S/C23H27N5O4S/c1-33(31,32)27-18-5-2-15(3-6-18)13-21-22(29)28(23(30)26-21)11-9-16-4-7-20-19(12-16)17(8-10-24)14-25-20/h2-7,12,14,21,25,27H,8-11,13,24H2,1H3,(H,26,30)/t21-/m1/s1. The van der Waals surface area contributed by atoms with Crippen LogP contribution in [0.3, 0.4) is 0 Å². The van der Waals surface area contributed by atoms with Crippen LogP contribution in [0.4, 0.5) is 10.5 Å². The number of H-pyrrole nitrogens is 1. The lowest BCUT2D eigenvalue weighted by molar-refractivity contribution is -0.127. The summed E-state index contributed by atoms with van der Waals surface area (Å²) < 4.78 is 25.0. The van der Waals surface area contributed by atoms with E-state index in [0.717, 1.165) is 40.3 Å². The van der Waals surface area contributed by atoms with Crippen LogP contribution in [0.5, 0.6) is 0 Å². The lowest BCUT2D eigenvalue weighted by Gasteiger charge is -2.13. The first kappa shape index (κ1) is 22.8. The van der Waals surface area contributed by atoms with E-state index in [1.54, 1.807) is 24.3 Å². The summed E-state index contributed by atoms with van der Waals surface area (Å²) in [5, 5.41) is 3.86. The minimum Gasteiger partial charge on any atom is -0.361 e. The number of hydrogen-bond donors (Lipinski definition) is 4. The number of hydrogen-bond acceptors (Lipinski definition) is 5. The lowest BCUT2D eigenvalue weighted by Crippen LogP contribution is -2.33. The normalized spacial score (nSPS) is 16.4. The fraction of sp³-hybridized carbons (Fsp3) is 0.304. The van der Waals surface area contributed by atoms with Crippen molar-refractivity contribution in [2.24, 2.45) is 5.73 Å². The van der Waals surface area contributed by atoms with Crippen LogP contribution in [0.2, 0.25) is 0 Å². The van der Waals surface area contributed by atoms with Gasteiger partial charge in [-0.1, -0.05) is 18.2 Å². The predicted molar refractivity (Wildman–Crippen MR) is 127 cm³/mol. The summed E-state index contributed by atoms with van der Waals surface area (Å²) in [5.74, 6) is -0.259. The SMILES string of the molecule is CS(=O)(=O)Nc1ccc(C[C@H]2NC(=O)N(CCc3ccc4[nH]cc(CCN)c4c3)C2=O)cc1. The van der Waals surface area contributed by atoms with E-state index in [4.69, 9.17) is 5.73 Å². The molecule has 0 unspecified atom stereocenters. The van der Waals surface area contributed by atoms with Crippen LogP contribution in [0.1, 0.15) is 16.7 Å². The lowest BCUT2D eigenvalue weighted by atomic mass is 10.0. The van der Waals surface area contributed by atoms with Gasteiger partial charge in [-0.15, -0.1) is 0 Å². The number of rotatable bonds is 9. The third kappa shape index (κ3) is 5.35. The fourth-order valence-corrected chi connectivity index (χ4v) is 4.63. The third-order valence-corrected chi connectivity index (χ3v) is 6.28. The quantitative estimate of drug-likeness (QED) is 0.354. The number of aromatic amines is 1. The van der Waals surface area contributed by atoms with Gasteiger partial charge in [-0.3, -0.25) is 14.4 Å². The summed E-state index contributed by atoms with van der Waals surface area (Å²) in [6.07, 6.45) is 4.72. The highest BCUT2D eigenvalue weighted by atomic mass is 32.2. The molecule has 0 bridgehead atoms. The van der Waals surface area contributed by atoms with Gasteiger partial charge in [0.05, 0.1) is 6.26 Å². The van der Waals surface area contributed by atoms with Crippen LogP contribution in [-0.2, 0) is 34.1 Å². The zero-order valence-corrected chi connectivity index (χ0v) is 19.1. The molecule has 1 saturated heterocycles. The van der Waals surface area contributed by atoms with Crippen molar-refractivity contribution in [2.45, 2.75) is 25.3 Å². The molecule has 1 aliphatic rings. The average molecular weight is 470 g/mol. The van der Waals surface area contributed by atoms with Crippen molar-refractivity contribution < 1.29 is 18.0 Å². The van der Waals surface area contributed by atoms with E-state index in [9.17, 15) is 18.0 Å². The monoisotopic (exact) mass is 469 g/mol. The number of fused-ring (bicyclic) bond motifs is 1. The highest BCUT2D eigenvalue weighted by Gasteiger charge is 2.37. The maximum Gasteiger partial charge on any atom is 0.324 e. The number of amides is 3. The van der Waals surface area contributed by atoms with Crippen LogP contribution in [-0.4, -0.2) is 55.6 Å². The van der Waals surface area contributed by atoms with Crippen LogP contribution in [0.25, 0.3) is 10.9 Å². The number of carbonyl (C=O) groups is 2. The minimum absolute atomic E-state index is 0.259. The van der Waals surface area contributed by atoms with Crippen LogP contribution >= 0.6 is 0 Å². The number of nitrogens with zero attached hydrogens (tertiary/aromatic N) is 1. The Kier molecular flexibility index (Phi) is 6.39. The molecule has 0 spiro atoms. The molecule has 10 heteroatoms. The molecule has 9 nitrogen and oxygen atoms in total. The van der Waals surface area contributed by atoms with E-state index in [1.165, 1.54) is 4.90 Å². The van der Waals surface area contributed by atoms with Gasteiger partial charge in [0.1, 0.15) is 6.04 Å². The van der Waals surface area contributed by atoms with Gasteiger partial charge in [0.25, 0.3) is 5.91 Å². The molecule has 3 aromatic rings. The maximum atomic E-state index is 12.8. The van der Waals surface area contributed by atoms with Crippen LogP contribution in [0.15, 0.2) is 48.7 Å². The molecule has 1 atom stereocenters. The Morgan fingerprint density at radius 1 is 1.06 bits per heavy atom. The van der Waals surface area contributed by atoms with E-state index >= 15 is 0 Å². The fourth-order valence-electron chi connectivity index (χ4n) is 4.07. The molecule has 1 fully saturated rings. The molecular formula is C23H27N5O4S. The number of aromatic nitrogens is 1. The molecule has 33 heavy (non-hydrogen) atoms. The largest absolute Gasteiger partial charge is 0.361 e. The zero-order chi connectivity index (χ0) is 23.6. The second-order valence-electron chi connectivity index (χ2n) is 8.25. The number of anilines is 1. The van der Waals surface area contributed by atoms with E-state index in [2.05, 4.69) is 21.1 Å². The smallest absolute Gasteiger partial charge is 0.324 e. The summed E-state index contributed by atoms with van der Waals surface area (Å²) >= 11 is 0. The molecule has 1 aromatic heterocycles. The van der Waals surface area contributed by atoms with Crippen molar-refractivity contribution in [3.63, 3.8) is 0 Å². The number of urea groups is 1. The Hall–Kier alpha value is -3.37. The van der Waals surface area contributed by atoms with Gasteiger partial charge in [0, 0.05) is 35.8 Å². The second kappa shape index (κ2) is 9.24. The van der Waals surface area contributed by atoms with Crippen LogP contribution < -0.4 is 15.8 Å². The van der Waals surface area contributed by atoms with Gasteiger partial charge in [0.2, 0.25) is 10.0 Å². The number of benzene rings is 2. The molecule has 4 rings (SSSR count). The van der Waals surface area contributed by atoms with Crippen LogP contribution in [0, 0.1) is 0 Å². The third-order valence-electron chi connectivity index (χ3n) is 5.67. The van der Waals surface area contributed by atoms with Gasteiger partial charge in [0.15, 0.2) is 0 Å². The average Bonchev–Trinajstić information content (AvgIpc) is 3.27. The van der Waals surface area contributed by atoms with Crippen molar-refractivity contribution in [3.05, 3.63) is 65.4 Å². The van der Waals surface area contributed by atoms with Crippen molar-refractivity contribution >= 4 is 38.6 Å². The predicted octanol–water partition coefficient (Wildman–Crippen LogP) is 1.75. The summed E-state index contributed by atoms with van der Waals surface area (Å²) in [4.78, 5) is 29.8. The van der Waals surface area contributed by atoms with E-state index in [1.807, 2.05) is 18.3 Å². The first-order valence-electron chi connectivity index (χ1n) is 10.7. The second-order valence-corrected chi connectivity index (χ2v) is 10.00. The van der Waals surface area contributed by atoms with Gasteiger partial charge >= 0.3 is 6.03 Å². The molecule has 2 aromatic carbocycles. The molecule has 2 heterocycles. The summed E-state index contributed by atoms with van der Waals surface area (Å²) in [5.41, 5.74) is 10.2. The molecule has 5 N–H and O–H groups in total. The Morgan fingerprint density at radius 2 is 1.79 bits per heavy atom. The topological polar surface area (TPSA) is 137 Å². The van der Waals surface area contributed by atoms with Crippen molar-refractivity contribution in [3.8, 4) is 0 Å². The Bertz CT molecular complexity index is 1280. The Morgan fingerprint density at radius 3 is 2.48 bits per heavy atom. The zero-order valence-electron chi connectivity index (χ0n) is 18.3. The Balaban J connectivity index is 1.38. The van der Waals surface area contributed by atoms with Gasteiger partial charge < -0.3 is 16.0 Å². The molecular weight excluding hydrogens is 442 g/mol. The number of nitrogens with one attached hydrogen (secondary N) is 3.